The summed E-state index contributed by atoms with van der Waals surface area (Å²) in [6.45, 7) is 0.362. The Bertz CT molecular complexity index is 622. The molecule has 19 heavy (non-hydrogen) atoms. The Morgan fingerprint density at radius 3 is 2.21 bits per heavy atom. The minimum Gasteiger partial charge on any atom is -0.399 e. The summed E-state index contributed by atoms with van der Waals surface area (Å²) in [5.74, 6) is 0.0569. The lowest BCUT2D eigenvalue weighted by Crippen LogP contribution is -2.15. The normalized spacial score (nSPS) is 11.2. The summed E-state index contributed by atoms with van der Waals surface area (Å²) in [5, 5.41) is 3.06. The molecule has 0 aliphatic rings. The van der Waals surface area contributed by atoms with Gasteiger partial charge in [0.15, 0.2) is 9.84 Å². The number of hydrogen-bond donors (Lipinski definition) is 2. The van der Waals surface area contributed by atoms with E-state index in [0.717, 1.165) is 5.69 Å². The molecule has 0 amide bonds. The fourth-order valence-electron chi connectivity index (χ4n) is 1.68. The number of nitrogens with one attached hydrogen (secondary N) is 1. The van der Waals surface area contributed by atoms with Gasteiger partial charge in [-0.15, -0.1) is 0 Å². The zero-order valence-corrected chi connectivity index (χ0v) is 11.2. The topological polar surface area (TPSA) is 72.2 Å². The first-order valence-electron chi connectivity index (χ1n) is 5.95. The average molecular weight is 276 g/mol. The van der Waals surface area contributed by atoms with Crippen molar-refractivity contribution in [1.29, 1.82) is 0 Å². The number of sulfone groups is 1. The zero-order valence-electron chi connectivity index (χ0n) is 10.4. The maximum Gasteiger partial charge on any atom is 0.180 e. The highest BCUT2D eigenvalue weighted by Crippen LogP contribution is 2.12. The Hall–Kier alpha value is -2.01. The van der Waals surface area contributed by atoms with Crippen molar-refractivity contribution in [3.8, 4) is 0 Å². The van der Waals surface area contributed by atoms with Crippen molar-refractivity contribution in [3.63, 3.8) is 0 Å². The van der Waals surface area contributed by atoms with Crippen molar-refractivity contribution in [1.82, 2.24) is 0 Å². The monoisotopic (exact) mass is 276 g/mol. The average Bonchev–Trinajstić information content (AvgIpc) is 2.42. The van der Waals surface area contributed by atoms with Gasteiger partial charge in [0, 0.05) is 17.9 Å². The van der Waals surface area contributed by atoms with E-state index < -0.39 is 9.84 Å². The third-order valence-electron chi connectivity index (χ3n) is 2.71. The highest BCUT2D eigenvalue weighted by molar-refractivity contribution is 7.91. The van der Waals surface area contributed by atoms with Crippen molar-refractivity contribution in [2.24, 2.45) is 0 Å². The Morgan fingerprint density at radius 2 is 1.58 bits per heavy atom. The molecule has 0 bridgehead atoms. The molecule has 2 rings (SSSR count). The zero-order chi connectivity index (χ0) is 13.7. The summed E-state index contributed by atoms with van der Waals surface area (Å²) in [4.78, 5) is 0.356. The maximum absolute atomic E-state index is 12.0. The Labute approximate surface area is 113 Å². The van der Waals surface area contributed by atoms with Crippen molar-refractivity contribution in [3.05, 3.63) is 54.6 Å². The summed E-state index contributed by atoms with van der Waals surface area (Å²) in [5.41, 5.74) is 7.12. The highest BCUT2D eigenvalue weighted by Gasteiger charge is 2.12. The first-order valence-corrected chi connectivity index (χ1v) is 7.60. The molecule has 100 valence electrons. The fourth-order valence-corrected chi connectivity index (χ4v) is 2.85. The molecule has 0 saturated carbocycles. The molecule has 0 aliphatic heterocycles. The minimum atomic E-state index is -3.23. The van der Waals surface area contributed by atoms with E-state index in [0.29, 0.717) is 17.1 Å². The molecule has 2 aromatic rings. The number of nitrogens with two attached hydrogens (primary N) is 1. The van der Waals surface area contributed by atoms with Crippen LogP contribution in [0.1, 0.15) is 0 Å². The quantitative estimate of drug-likeness (QED) is 0.821. The molecule has 0 aliphatic carbocycles. The van der Waals surface area contributed by atoms with Crippen LogP contribution >= 0.6 is 0 Å². The lowest BCUT2D eigenvalue weighted by Gasteiger charge is -2.07. The Kier molecular flexibility index (Phi) is 4.06. The van der Waals surface area contributed by atoms with Crippen LogP contribution in [0, 0.1) is 0 Å². The molecule has 0 fully saturated rings. The standard InChI is InChI=1S/C14H16N2O2S/c15-12-6-8-13(9-7-12)16-10-11-19(17,18)14-4-2-1-3-5-14/h1-9,16H,10-11,15H2. The van der Waals surface area contributed by atoms with Gasteiger partial charge < -0.3 is 11.1 Å². The van der Waals surface area contributed by atoms with Gasteiger partial charge in [-0.1, -0.05) is 18.2 Å². The largest absolute Gasteiger partial charge is 0.399 e. The number of rotatable bonds is 5. The first kappa shape index (κ1) is 13.4. The molecule has 2 aromatic carbocycles. The van der Waals surface area contributed by atoms with Crippen LogP contribution in [0.3, 0.4) is 0 Å². The van der Waals surface area contributed by atoms with E-state index in [2.05, 4.69) is 5.32 Å². The maximum atomic E-state index is 12.0. The van der Waals surface area contributed by atoms with Crippen LogP contribution in [0.15, 0.2) is 59.5 Å². The predicted octanol–water partition coefficient (Wildman–Crippen LogP) is 2.15. The number of benzene rings is 2. The van der Waals surface area contributed by atoms with Crippen molar-refractivity contribution >= 4 is 21.2 Å². The van der Waals surface area contributed by atoms with Gasteiger partial charge in [0.1, 0.15) is 0 Å². The second-order valence-corrected chi connectivity index (χ2v) is 6.29. The van der Waals surface area contributed by atoms with E-state index in [9.17, 15) is 8.42 Å². The van der Waals surface area contributed by atoms with E-state index in [1.165, 1.54) is 0 Å². The second-order valence-electron chi connectivity index (χ2n) is 4.18. The van der Waals surface area contributed by atoms with Crippen LogP contribution in [0.4, 0.5) is 11.4 Å². The van der Waals surface area contributed by atoms with Crippen LogP contribution in [0.2, 0.25) is 0 Å². The van der Waals surface area contributed by atoms with Gasteiger partial charge in [-0.25, -0.2) is 8.42 Å². The van der Waals surface area contributed by atoms with Gasteiger partial charge >= 0.3 is 0 Å². The minimum absolute atomic E-state index is 0.0569. The summed E-state index contributed by atoms with van der Waals surface area (Å²) in [7, 11) is -3.23. The van der Waals surface area contributed by atoms with Crippen molar-refractivity contribution in [2.75, 3.05) is 23.3 Å². The lowest BCUT2D eigenvalue weighted by atomic mass is 10.3. The van der Waals surface area contributed by atoms with E-state index >= 15 is 0 Å². The molecule has 4 nitrogen and oxygen atoms in total. The van der Waals surface area contributed by atoms with Crippen LogP contribution in [-0.4, -0.2) is 20.7 Å². The number of nitrogen functional groups attached to an aromatic ring is 1. The van der Waals surface area contributed by atoms with Crippen LogP contribution in [0.5, 0.6) is 0 Å². The predicted molar refractivity (Wildman–Crippen MR) is 77.8 cm³/mol. The summed E-state index contributed by atoms with van der Waals surface area (Å²) >= 11 is 0. The second kappa shape index (κ2) is 5.75. The fraction of sp³-hybridized carbons (Fsp3) is 0.143. The van der Waals surface area contributed by atoms with Gasteiger partial charge in [-0.05, 0) is 36.4 Å². The SMILES string of the molecule is Nc1ccc(NCCS(=O)(=O)c2ccccc2)cc1. The molecule has 0 saturated heterocycles. The number of anilines is 2. The van der Waals surface area contributed by atoms with Gasteiger partial charge in [0.25, 0.3) is 0 Å². The molecule has 3 N–H and O–H groups in total. The number of hydrogen-bond acceptors (Lipinski definition) is 4. The Balaban J connectivity index is 1.94. The molecule has 0 aromatic heterocycles. The van der Waals surface area contributed by atoms with Crippen LogP contribution in [0.25, 0.3) is 0 Å². The summed E-state index contributed by atoms with van der Waals surface area (Å²) in [6, 6.07) is 15.7. The van der Waals surface area contributed by atoms with E-state index in [4.69, 9.17) is 5.73 Å². The molecule has 0 unspecified atom stereocenters. The Morgan fingerprint density at radius 1 is 0.947 bits per heavy atom. The summed E-state index contributed by atoms with van der Waals surface area (Å²) in [6.07, 6.45) is 0. The smallest absolute Gasteiger partial charge is 0.180 e. The van der Waals surface area contributed by atoms with Crippen LogP contribution in [-0.2, 0) is 9.84 Å². The molecule has 0 heterocycles. The molecular weight excluding hydrogens is 260 g/mol. The molecule has 0 spiro atoms. The van der Waals surface area contributed by atoms with Gasteiger partial charge in [-0.3, -0.25) is 0 Å². The van der Waals surface area contributed by atoms with E-state index in [1.807, 2.05) is 12.1 Å². The van der Waals surface area contributed by atoms with Crippen molar-refractivity contribution in [2.45, 2.75) is 4.90 Å². The molecule has 0 radical (unpaired) electrons. The van der Waals surface area contributed by atoms with Gasteiger partial charge in [0.2, 0.25) is 0 Å². The first-order chi connectivity index (χ1) is 9.08. The van der Waals surface area contributed by atoms with E-state index in [1.54, 1.807) is 42.5 Å². The summed E-state index contributed by atoms with van der Waals surface area (Å²) < 4.78 is 24.0. The van der Waals surface area contributed by atoms with Crippen LogP contribution < -0.4 is 11.1 Å². The van der Waals surface area contributed by atoms with E-state index in [-0.39, 0.29) is 5.75 Å². The third kappa shape index (κ3) is 3.72. The molecular formula is C14H16N2O2S. The van der Waals surface area contributed by atoms with Gasteiger partial charge in [-0.2, -0.15) is 0 Å². The highest BCUT2D eigenvalue weighted by atomic mass is 32.2. The molecule has 0 atom stereocenters. The lowest BCUT2D eigenvalue weighted by molar-refractivity contribution is 0.596. The third-order valence-corrected chi connectivity index (χ3v) is 4.44. The van der Waals surface area contributed by atoms with Gasteiger partial charge in [0.05, 0.1) is 10.6 Å². The van der Waals surface area contributed by atoms with Crippen molar-refractivity contribution < 1.29 is 8.42 Å². The molecule has 5 heteroatoms.